The Morgan fingerprint density at radius 2 is 2.06 bits per heavy atom. The molecule has 0 saturated heterocycles. The number of carbonyl (C=O) groups is 2. The number of hydrogen-bond donors (Lipinski definition) is 2. The highest BCUT2D eigenvalue weighted by atomic mass is 16.4. The van der Waals surface area contributed by atoms with Crippen LogP contribution >= 0.6 is 0 Å². The van der Waals surface area contributed by atoms with E-state index in [1.54, 1.807) is 4.90 Å². The molecule has 5 nitrogen and oxygen atoms in total. The van der Waals surface area contributed by atoms with Crippen molar-refractivity contribution >= 4 is 12.0 Å². The van der Waals surface area contributed by atoms with Gasteiger partial charge >= 0.3 is 12.0 Å². The Labute approximate surface area is 109 Å². The minimum absolute atomic E-state index is 0.0108. The van der Waals surface area contributed by atoms with Crippen molar-refractivity contribution in [3.63, 3.8) is 0 Å². The van der Waals surface area contributed by atoms with Crippen LogP contribution in [-0.4, -0.2) is 40.6 Å². The van der Waals surface area contributed by atoms with E-state index in [9.17, 15) is 9.59 Å². The van der Waals surface area contributed by atoms with Gasteiger partial charge in [-0.3, -0.25) is 4.79 Å². The van der Waals surface area contributed by atoms with Crippen LogP contribution in [0.3, 0.4) is 0 Å². The molecule has 0 heterocycles. The molecule has 104 valence electrons. The summed E-state index contributed by atoms with van der Waals surface area (Å²) in [5.41, 5.74) is 0. The number of nitrogens with one attached hydrogen (secondary N) is 1. The molecule has 2 amide bonds. The molecule has 0 aromatic carbocycles. The summed E-state index contributed by atoms with van der Waals surface area (Å²) < 4.78 is 0. The zero-order valence-electron chi connectivity index (χ0n) is 11.5. The fourth-order valence-corrected chi connectivity index (χ4v) is 2.43. The molecular weight excluding hydrogens is 232 g/mol. The maximum absolute atomic E-state index is 12.1. The van der Waals surface area contributed by atoms with Gasteiger partial charge in [0, 0.05) is 18.6 Å². The molecule has 1 rings (SSSR count). The molecule has 1 fully saturated rings. The molecular formula is C13H24N2O3. The van der Waals surface area contributed by atoms with Crippen molar-refractivity contribution < 1.29 is 14.7 Å². The average molecular weight is 256 g/mol. The van der Waals surface area contributed by atoms with E-state index in [1.807, 2.05) is 20.8 Å². The van der Waals surface area contributed by atoms with Crippen LogP contribution in [0.25, 0.3) is 0 Å². The highest BCUT2D eigenvalue weighted by Crippen LogP contribution is 2.25. The van der Waals surface area contributed by atoms with Gasteiger partial charge in [0.1, 0.15) is 0 Å². The molecule has 0 radical (unpaired) electrons. The molecule has 1 aliphatic carbocycles. The van der Waals surface area contributed by atoms with Crippen molar-refractivity contribution in [1.82, 2.24) is 10.2 Å². The van der Waals surface area contributed by atoms with Crippen molar-refractivity contribution in [3.05, 3.63) is 0 Å². The lowest BCUT2D eigenvalue weighted by Crippen LogP contribution is -2.47. The molecule has 1 saturated carbocycles. The number of carbonyl (C=O) groups excluding carboxylic acids is 1. The van der Waals surface area contributed by atoms with Crippen molar-refractivity contribution in [2.75, 3.05) is 6.54 Å². The molecule has 2 N–H and O–H groups in total. The third kappa shape index (κ3) is 3.89. The van der Waals surface area contributed by atoms with Crippen molar-refractivity contribution in [3.8, 4) is 0 Å². The molecule has 0 aromatic heterocycles. The van der Waals surface area contributed by atoms with Crippen molar-refractivity contribution in [2.24, 2.45) is 5.92 Å². The molecule has 2 atom stereocenters. The standard InChI is InChI=1S/C13H24N2O3/c1-4-7-15(9(2)3)13(18)14-11-6-5-10(8-11)12(16)17/h9-11H,4-8H2,1-3H3,(H,14,18)(H,16,17). The first-order valence-electron chi connectivity index (χ1n) is 6.75. The Hall–Kier alpha value is -1.26. The summed E-state index contributed by atoms with van der Waals surface area (Å²) in [5, 5.41) is 11.9. The van der Waals surface area contributed by atoms with Gasteiger partial charge in [0.25, 0.3) is 0 Å². The highest BCUT2D eigenvalue weighted by molar-refractivity contribution is 5.75. The SMILES string of the molecule is CCCN(C(=O)NC1CCC(C(=O)O)C1)C(C)C. The van der Waals surface area contributed by atoms with Gasteiger partial charge in [-0.05, 0) is 39.5 Å². The first kappa shape index (κ1) is 14.8. The van der Waals surface area contributed by atoms with E-state index in [1.165, 1.54) is 0 Å². The van der Waals surface area contributed by atoms with Gasteiger partial charge in [-0.25, -0.2) is 4.79 Å². The van der Waals surface area contributed by atoms with Crippen LogP contribution in [0.5, 0.6) is 0 Å². The van der Waals surface area contributed by atoms with Gasteiger partial charge < -0.3 is 15.3 Å². The lowest BCUT2D eigenvalue weighted by Gasteiger charge is -2.28. The predicted octanol–water partition coefficient (Wildman–Crippen LogP) is 2.07. The fourth-order valence-electron chi connectivity index (χ4n) is 2.43. The van der Waals surface area contributed by atoms with E-state index in [4.69, 9.17) is 5.11 Å². The van der Waals surface area contributed by atoms with E-state index < -0.39 is 5.97 Å². The number of urea groups is 1. The van der Waals surface area contributed by atoms with E-state index >= 15 is 0 Å². The van der Waals surface area contributed by atoms with Crippen LogP contribution in [0.1, 0.15) is 46.5 Å². The van der Waals surface area contributed by atoms with Crippen LogP contribution in [0.2, 0.25) is 0 Å². The summed E-state index contributed by atoms with van der Waals surface area (Å²) in [6, 6.07) is 0.112. The molecule has 0 bridgehead atoms. The quantitative estimate of drug-likeness (QED) is 0.791. The predicted molar refractivity (Wildman–Crippen MR) is 69.4 cm³/mol. The second-order valence-electron chi connectivity index (χ2n) is 5.28. The maximum atomic E-state index is 12.1. The highest BCUT2D eigenvalue weighted by Gasteiger charge is 2.31. The zero-order valence-corrected chi connectivity index (χ0v) is 11.5. The number of carboxylic acids is 1. The van der Waals surface area contributed by atoms with Crippen molar-refractivity contribution in [2.45, 2.75) is 58.5 Å². The average Bonchev–Trinajstić information content (AvgIpc) is 2.73. The van der Waals surface area contributed by atoms with Crippen molar-refractivity contribution in [1.29, 1.82) is 0 Å². The van der Waals surface area contributed by atoms with Crippen LogP contribution in [0.4, 0.5) is 4.79 Å². The molecule has 5 heteroatoms. The summed E-state index contributed by atoms with van der Waals surface area (Å²) in [4.78, 5) is 24.7. The number of amides is 2. The zero-order chi connectivity index (χ0) is 13.7. The van der Waals surface area contributed by atoms with Gasteiger partial charge in [-0.1, -0.05) is 6.92 Å². The molecule has 0 aliphatic heterocycles. The third-order valence-corrected chi connectivity index (χ3v) is 3.46. The van der Waals surface area contributed by atoms with E-state index in [0.29, 0.717) is 12.8 Å². The lowest BCUT2D eigenvalue weighted by atomic mass is 10.1. The summed E-state index contributed by atoms with van der Waals surface area (Å²) in [7, 11) is 0. The Morgan fingerprint density at radius 1 is 1.39 bits per heavy atom. The molecule has 0 spiro atoms. The first-order chi connectivity index (χ1) is 8.45. The van der Waals surface area contributed by atoms with Gasteiger partial charge in [0.2, 0.25) is 0 Å². The number of rotatable bonds is 5. The lowest BCUT2D eigenvalue weighted by molar-refractivity contribution is -0.141. The Bertz CT molecular complexity index is 305. The monoisotopic (exact) mass is 256 g/mol. The summed E-state index contributed by atoms with van der Waals surface area (Å²) >= 11 is 0. The minimum atomic E-state index is -0.749. The van der Waals surface area contributed by atoms with Crippen LogP contribution in [-0.2, 0) is 4.79 Å². The smallest absolute Gasteiger partial charge is 0.317 e. The number of hydrogen-bond acceptors (Lipinski definition) is 2. The molecule has 2 unspecified atom stereocenters. The minimum Gasteiger partial charge on any atom is -0.481 e. The molecule has 0 aromatic rings. The van der Waals surface area contributed by atoms with E-state index in [0.717, 1.165) is 19.4 Å². The normalized spacial score (nSPS) is 23.1. The maximum Gasteiger partial charge on any atom is 0.317 e. The van der Waals surface area contributed by atoms with Gasteiger partial charge in [0.15, 0.2) is 0 Å². The topological polar surface area (TPSA) is 69.6 Å². The fraction of sp³-hybridized carbons (Fsp3) is 0.846. The largest absolute Gasteiger partial charge is 0.481 e. The van der Waals surface area contributed by atoms with Gasteiger partial charge in [-0.15, -0.1) is 0 Å². The van der Waals surface area contributed by atoms with Crippen LogP contribution in [0, 0.1) is 5.92 Å². The van der Waals surface area contributed by atoms with Gasteiger partial charge in [0.05, 0.1) is 5.92 Å². The second kappa shape index (κ2) is 6.61. The first-order valence-corrected chi connectivity index (χ1v) is 6.75. The van der Waals surface area contributed by atoms with Crippen LogP contribution < -0.4 is 5.32 Å². The number of carboxylic acid groups (broad SMARTS) is 1. The van der Waals surface area contributed by atoms with E-state index in [-0.39, 0.29) is 24.0 Å². The summed E-state index contributed by atoms with van der Waals surface area (Å²) in [5.74, 6) is -1.05. The second-order valence-corrected chi connectivity index (χ2v) is 5.28. The summed E-state index contributed by atoms with van der Waals surface area (Å²) in [6.07, 6.45) is 2.91. The number of aliphatic carboxylic acids is 1. The Balaban J connectivity index is 2.47. The van der Waals surface area contributed by atoms with Crippen LogP contribution in [0.15, 0.2) is 0 Å². The third-order valence-electron chi connectivity index (χ3n) is 3.46. The number of nitrogens with zero attached hydrogens (tertiary/aromatic N) is 1. The Morgan fingerprint density at radius 3 is 2.50 bits per heavy atom. The molecule has 1 aliphatic rings. The van der Waals surface area contributed by atoms with E-state index in [2.05, 4.69) is 5.32 Å². The Kier molecular flexibility index (Phi) is 5.44. The summed E-state index contributed by atoms with van der Waals surface area (Å²) in [6.45, 7) is 6.76. The van der Waals surface area contributed by atoms with Gasteiger partial charge in [-0.2, -0.15) is 0 Å². The molecule has 18 heavy (non-hydrogen) atoms.